The molecule has 0 aromatic heterocycles. The quantitative estimate of drug-likeness (QED) is 0.619. The van der Waals surface area contributed by atoms with Crippen LogP contribution in [0.2, 0.25) is 16.6 Å². The molecule has 0 rings (SSSR count). The Morgan fingerprint density at radius 2 is 1.42 bits per heavy atom. The molecule has 0 amide bonds. The van der Waals surface area contributed by atoms with Gasteiger partial charge in [-0.2, -0.15) is 0 Å². The molecule has 0 aromatic rings. The SMILES string of the molecule is CC(CCCC(=O)O)O[Si](C(C)C)(C(C)C)C(C)C. The summed E-state index contributed by atoms with van der Waals surface area (Å²) >= 11 is 0. The van der Waals surface area contributed by atoms with Gasteiger partial charge in [-0.3, -0.25) is 4.79 Å². The van der Waals surface area contributed by atoms with Crippen LogP contribution in [-0.4, -0.2) is 25.5 Å². The Bertz CT molecular complexity index is 253. The van der Waals surface area contributed by atoms with E-state index in [9.17, 15) is 4.79 Å². The van der Waals surface area contributed by atoms with Crippen molar-refractivity contribution in [2.24, 2.45) is 0 Å². The van der Waals surface area contributed by atoms with Gasteiger partial charge in [0.1, 0.15) is 0 Å². The van der Waals surface area contributed by atoms with Crippen molar-refractivity contribution in [2.75, 3.05) is 0 Å². The summed E-state index contributed by atoms with van der Waals surface area (Å²) in [5.74, 6) is -0.715. The Labute approximate surface area is 119 Å². The third-order valence-electron chi connectivity index (χ3n) is 4.11. The summed E-state index contributed by atoms with van der Waals surface area (Å²) in [6, 6.07) is 0. The zero-order chi connectivity index (χ0) is 15.2. The predicted octanol–water partition coefficient (Wildman–Crippen LogP) is 4.82. The van der Waals surface area contributed by atoms with E-state index >= 15 is 0 Å². The molecule has 3 nitrogen and oxygen atoms in total. The molecule has 0 radical (unpaired) electrons. The van der Waals surface area contributed by atoms with Crippen molar-refractivity contribution in [2.45, 2.75) is 90.5 Å². The molecule has 0 spiro atoms. The molecule has 0 aliphatic rings. The van der Waals surface area contributed by atoms with E-state index in [-0.39, 0.29) is 12.5 Å². The maximum absolute atomic E-state index is 10.6. The minimum absolute atomic E-state index is 0.165. The molecule has 114 valence electrons. The second-order valence-corrected chi connectivity index (χ2v) is 11.9. The van der Waals surface area contributed by atoms with Gasteiger partial charge in [0.15, 0.2) is 0 Å². The molecule has 0 aliphatic heterocycles. The summed E-state index contributed by atoms with van der Waals surface area (Å²) in [7, 11) is -1.82. The van der Waals surface area contributed by atoms with Crippen molar-refractivity contribution in [3.63, 3.8) is 0 Å². The number of hydrogen-bond acceptors (Lipinski definition) is 2. The molecule has 0 saturated carbocycles. The van der Waals surface area contributed by atoms with Crippen LogP contribution >= 0.6 is 0 Å². The van der Waals surface area contributed by atoms with E-state index in [0.717, 1.165) is 6.42 Å². The molecule has 0 heterocycles. The molecule has 0 aliphatic carbocycles. The van der Waals surface area contributed by atoms with Gasteiger partial charge in [0, 0.05) is 12.5 Å². The predicted molar refractivity (Wildman–Crippen MR) is 83.1 cm³/mol. The zero-order valence-corrected chi connectivity index (χ0v) is 14.7. The number of carbonyl (C=O) groups is 1. The van der Waals surface area contributed by atoms with Crippen molar-refractivity contribution in [1.29, 1.82) is 0 Å². The molecule has 4 heteroatoms. The van der Waals surface area contributed by atoms with E-state index in [4.69, 9.17) is 9.53 Å². The number of carboxylic acids is 1. The molecule has 0 bridgehead atoms. The monoisotopic (exact) mass is 288 g/mol. The number of carboxylic acid groups (broad SMARTS) is 1. The first-order valence-corrected chi connectivity index (χ1v) is 9.68. The maximum atomic E-state index is 10.6. The van der Waals surface area contributed by atoms with Crippen LogP contribution in [0.3, 0.4) is 0 Å². The Balaban J connectivity index is 4.68. The summed E-state index contributed by atoms with van der Waals surface area (Å²) < 4.78 is 6.55. The molecular weight excluding hydrogens is 256 g/mol. The Morgan fingerprint density at radius 1 is 1.00 bits per heavy atom. The second-order valence-electron chi connectivity index (χ2n) is 6.53. The molecule has 0 saturated heterocycles. The van der Waals surface area contributed by atoms with E-state index < -0.39 is 14.3 Å². The third kappa shape index (κ3) is 5.26. The zero-order valence-electron chi connectivity index (χ0n) is 13.7. The van der Waals surface area contributed by atoms with E-state index in [1.54, 1.807) is 0 Å². The lowest BCUT2D eigenvalue weighted by Gasteiger charge is -2.44. The summed E-state index contributed by atoms with van der Waals surface area (Å²) in [4.78, 5) is 10.6. The first kappa shape index (κ1) is 18.6. The van der Waals surface area contributed by atoms with Crippen molar-refractivity contribution >= 4 is 14.3 Å². The first-order chi connectivity index (χ1) is 8.64. The van der Waals surface area contributed by atoms with Crippen LogP contribution in [-0.2, 0) is 9.22 Å². The van der Waals surface area contributed by atoms with Gasteiger partial charge in [0.25, 0.3) is 0 Å². The highest BCUT2D eigenvalue weighted by molar-refractivity contribution is 6.77. The fourth-order valence-electron chi connectivity index (χ4n) is 3.36. The van der Waals surface area contributed by atoms with Crippen LogP contribution in [0.25, 0.3) is 0 Å². The van der Waals surface area contributed by atoms with Crippen LogP contribution in [0.15, 0.2) is 0 Å². The molecule has 1 atom stereocenters. The van der Waals surface area contributed by atoms with Crippen molar-refractivity contribution in [3.05, 3.63) is 0 Å². The van der Waals surface area contributed by atoms with Crippen molar-refractivity contribution in [3.8, 4) is 0 Å². The first-order valence-electron chi connectivity index (χ1n) is 7.54. The summed E-state index contributed by atoms with van der Waals surface area (Å²) in [5.41, 5.74) is 1.73. The van der Waals surface area contributed by atoms with Gasteiger partial charge in [0.2, 0.25) is 8.32 Å². The summed E-state index contributed by atoms with van der Waals surface area (Å²) in [5, 5.41) is 8.69. The Hall–Kier alpha value is -0.353. The van der Waals surface area contributed by atoms with Gasteiger partial charge < -0.3 is 9.53 Å². The lowest BCUT2D eigenvalue weighted by molar-refractivity contribution is -0.137. The standard InChI is InChI=1S/C15H32O3Si/c1-11(2)19(12(3)4,13(5)6)18-14(7)9-8-10-15(16)17/h11-14H,8-10H2,1-7H3,(H,16,17). The van der Waals surface area contributed by atoms with Crippen molar-refractivity contribution < 1.29 is 14.3 Å². The van der Waals surface area contributed by atoms with Crippen LogP contribution in [0.4, 0.5) is 0 Å². The average Bonchev–Trinajstić information content (AvgIpc) is 2.23. The Kier molecular flexibility index (Phi) is 7.90. The van der Waals surface area contributed by atoms with Crippen molar-refractivity contribution in [1.82, 2.24) is 0 Å². The van der Waals surface area contributed by atoms with E-state index in [1.165, 1.54) is 0 Å². The van der Waals surface area contributed by atoms with Crippen LogP contribution in [0.1, 0.15) is 67.7 Å². The summed E-state index contributed by atoms with van der Waals surface area (Å²) in [6.45, 7) is 15.7. The number of aliphatic carboxylic acids is 1. The van der Waals surface area contributed by atoms with Gasteiger partial charge in [-0.05, 0) is 36.4 Å². The number of hydrogen-bond donors (Lipinski definition) is 1. The van der Waals surface area contributed by atoms with Gasteiger partial charge in [-0.1, -0.05) is 41.5 Å². The lowest BCUT2D eigenvalue weighted by Crippen LogP contribution is -2.49. The highest BCUT2D eigenvalue weighted by Gasteiger charge is 2.45. The highest BCUT2D eigenvalue weighted by atomic mass is 28.4. The third-order valence-corrected chi connectivity index (χ3v) is 10.3. The fourth-order valence-corrected chi connectivity index (χ4v) is 8.99. The molecule has 1 N–H and O–H groups in total. The van der Waals surface area contributed by atoms with E-state index in [0.29, 0.717) is 23.0 Å². The minimum Gasteiger partial charge on any atom is -0.481 e. The van der Waals surface area contributed by atoms with Gasteiger partial charge in [-0.15, -0.1) is 0 Å². The minimum atomic E-state index is -1.82. The van der Waals surface area contributed by atoms with Crippen LogP contribution in [0, 0.1) is 0 Å². The lowest BCUT2D eigenvalue weighted by atomic mass is 10.2. The van der Waals surface area contributed by atoms with E-state index in [1.807, 2.05) is 0 Å². The molecule has 19 heavy (non-hydrogen) atoms. The normalized spacial score (nSPS) is 14.4. The molecular formula is C15H32O3Si. The summed E-state index contributed by atoms with van der Waals surface area (Å²) in [6.07, 6.45) is 1.95. The average molecular weight is 289 g/mol. The van der Waals surface area contributed by atoms with Gasteiger partial charge >= 0.3 is 5.97 Å². The topological polar surface area (TPSA) is 46.5 Å². The largest absolute Gasteiger partial charge is 0.481 e. The van der Waals surface area contributed by atoms with E-state index in [2.05, 4.69) is 48.5 Å². The fraction of sp³-hybridized carbons (Fsp3) is 0.933. The molecule has 0 aromatic carbocycles. The second kappa shape index (κ2) is 8.05. The maximum Gasteiger partial charge on any atom is 0.303 e. The Morgan fingerprint density at radius 3 is 1.74 bits per heavy atom. The smallest absolute Gasteiger partial charge is 0.303 e. The van der Waals surface area contributed by atoms with Crippen LogP contribution in [0.5, 0.6) is 0 Å². The van der Waals surface area contributed by atoms with Crippen LogP contribution < -0.4 is 0 Å². The highest BCUT2D eigenvalue weighted by Crippen LogP contribution is 2.43. The van der Waals surface area contributed by atoms with Gasteiger partial charge in [-0.25, -0.2) is 0 Å². The molecule has 0 fully saturated rings. The van der Waals surface area contributed by atoms with Gasteiger partial charge in [0.05, 0.1) is 0 Å². The number of rotatable bonds is 9. The molecule has 1 unspecified atom stereocenters.